The Morgan fingerprint density at radius 1 is 1.14 bits per heavy atom. The van der Waals surface area contributed by atoms with Crippen molar-refractivity contribution in [2.45, 2.75) is 0 Å². The number of carbonyl (C=O) groups is 1. The van der Waals surface area contributed by atoms with Gasteiger partial charge in [0.1, 0.15) is 5.75 Å². The van der Waals surface area contributed by atoms with Crippen LogP contribution in [-0.2, 0) is 0 Å². The number of hydrogen-bond acceptors (Lipinski definition) is 6. The molecule has 0 saturated carbocycles. The topological polar surface area (TPSA) is 107 Å². The van der Waals surface area contributed by atoms with Crippen LogP contribution < -0.4 is 10.2 Å². The van der Waals surface area contributed by atoms with E-state index in [1.54, 1.807) is 36.4 Å². The molecule has 0 aliphatic heterocycles. The maximum absolute atomic E-state index is 11.9. The zero-order valence-corrected chi connectivity index (χ0v) is 15.0. The molecule has 0 bridgehead atoms. The fourth-order valence-corrected chi connectivity index (χ4v) is 2.37. The number of amides is 1. The fraction of sp³-hybridized carbons (Fsp3) is 0. The largest absolute Gasteiger partial charge is 0.450 e. The van der Waals surface area contributed by atoms with Crippen LogP contribution in [0.2, 0.25) is 5.02 Å². The molecule has 2 aromatic carbocycles. The lowest BCUT2D eigenvalue weighted by atomic mass is 10.2. The summed E-state index contributed by atoms with van der Waals surface area (Å²) in [7, 11) is 0. The van der Waals surface area contributed by atoms with Gasteiger partial charge in [0.25, 0.3) is 5.91 Å². The van der Waals surface area contributed by atoms with Gasteiger partial charge in [0.2, 0.25) is 5.75 Å². The van der Waals surface area contributed by atoms with Crippen molar-refractivity contribution in [3.63, 3.8) is 0 Å². The van der Waals surface area contributed by atoms with Crippen molar-refractivity contribution in [2.75, 3.05) is 0 Å². The number of nitro benzene ring substituents is 1. The molecule has 0 saturated heterocycles. The summed E-state index contributed by atoms with van der Waals surface area (Å²) in [6.45, 7) is 0. The SMILES string of the molecule is O=C(N/N=C\c1ccc(Oc2ccc(Cl)cc2[N+](=O)[O-])cc1)c1ccncc1. The average Bonchev–Trinajstić information content (AvgIpc) is 2.71. The van der Waals surface area contributed by atoms with Gasteiger partial charge in [0, 0.05) is 29.0 Å². The quantitative estimate of drug-likeness (QED) is 0.381. The van der Waals surface area contributed by atoms with Gasteiger partial charge < -0.3 is 4.74 Å². The molecule has 0 aliphatic rings. The summed E-state index contributed by atoms with van der Waals surface area (Å²) in [5.74, 6) is 0.137. The first-order chi connectivity index (χ1) is 13.5. The number of benzene rings is 2. The molecular formula is C19H13ClN4O4. The van der Waals surface area contributed by atoms with Crippen LogP contribution in [0, 0.1) is 10.1 Å². The molecule has 0 spiro atoms. The Hall–Kier alpha value is -3.78. The maximum atomic E-state index is 11.9. The van der Waals surface area contributed by atoms with Crippen molar-refractivity contribution in [3.8, 4) is 11.5 Å². The molecule has 140 valence electrons. The van der Waals surface area contributed by atoms with Crippen LogP contribution >= 0.6 is 11.6 Å². The Balaban J connectivity index is 1.64. The highest BCUT2D eigenvalue weighted by Crippen LogP contribution is 2.33. The number of aromatic nitrogens is 1. The molecule has 1 N–H and O–H groups in total. The number of ether oxygens (including phenoxy) is 1. The minimum atomic E-state index is -0.562. The summed E-state index contributed by atoms with van der Waals surface area (Å²) < 4.78 is 5.56. The first kappa shape index (κ1) is 19.0. The number of nitrogens with one attached hydrogen (secondary N) is 1. The van der Waals surface area contributed by atoms with E-state index >= 15 is 0 Å². The number of carbonyl (C=O) groups excluding carboxylic acids is 1. The summed E-state index contributed by atoms with van der Waals surface area (Å²) in [5, 5.41) is 15.2. The van der Waals surface area contributed by atoms with Gasteiger partial charge in [0.15, 0.2) is 0 Å². The molecule has 8 nitrogen and oxygen atoms in total. The van der Waals surface area contributed by atoms with Crippen molar-refractivity contribution in [3.05, 3.63) is 93.3 Å². The summed E-state index contributed by atoms with van der Waals surface area (Å²) in [4.78, 5) is 26.2. The molecule has 0 atom stereocenters. The molecule has 0 aliphatic carbocycles. The van der Waals surface area contributed by atoms with E-state index in [0.717, 1.165) is 0 Å². The Morgan fingerprint density at radius 2 is 1.86 bits per heavy atom. The summed E-state index contributed by atoms with van der Waals surface area (Å²) >= 11 is 5.79. The number of pyridine rings is 1. The zero-order valence-electron chi connectivity index (χ0n) is 14.3. The van der Waals surface area contributed by atoms with Crippen LogP contribution in [0.1, 0.15) is 15.9 Å². The standard InChI is InChI=1S/C19H13ClN4O4/c20-15-3-6-18(17(11-15)24(26)27)28-16-4-1-13(2-5-16)12-22-23-19(25)14-7-9-21-10-8-14/h1-12H,(H,23,25)/b22-12-. The van der Waals surface area contributed by atoms with Gasteiger partial charge in [-0.15, -0.1) is 0 Å². The van der Waals surface area contributed by atoms with E-state index in [4.69, 9.17) is 16.3 Å². The Kier molecular flexibility index (Phi) is 5.93. The number of hydrazone groups is 1. The summed E-state index contributed by atoms with van der Waals surface area (Å²) in [6, 6.07) is 14.0. The predicted molar refractivity (Wildman–Crippen MR) is 104 cm³/mol. The van der Waals surface area contributed by atoms with Crippen molar-refractivity contribution >= 4 is 29.4 Å². The normalized spacial score (nSPS) is 10.6. The number of nitrogens with zero attached hydrogens (tertiary/aromatic N) is 3. The van der Waals surface area contributed by atoms with Crippen LogP contribution in [-0.4, -0.2) is 22.0 Å². The van der Waals surface area contributed by atoms with Gasteiger partial charge in [-0.2, -0.15) is 5.10 Å². The van der Waals surface area contributed by atoms with Crippen LogP contribution in [0.25, 0.3) is 0 Å². The minimum absolute atomic E-state index is 0.0837. The lowest BCUT2D eigenvalue weighted by molar-refractivity contribution is -0.385. The Morgan fingerprint density at radius 3 is 2.54 bits per heavy atom. The number of rotatable bonds is 6. The maximum Gasteiger partial charge on any atom is 0.313 e. The van der Waals surface area contributed by atoms with E-state index in [9.17, 15) is 14.9 Å². The molecular weight excluding hydrogens is 384 g/mol. The predicted octanol–water partition coefficient (Wildman–Crippen LogP) is 4.20. The van der Waals surface area contributed by atoms with Gasteiger partial charge in [0.05, 0.1) is 11.1 Å². The average molecular weight is 397 g/mol. The van der Waals surface area contributed by atoms with E-state index in [1.807, 2.05) is 0 Å². The lowest BCUT2D eigenvalue weighted by Crippen LogP contribution is -2.17. The third-order valence-electron chi connectivity index (χ3n) is 3.55. The van der Waals surface area contributed by atoms with Gasteiger partial charge >= 0.3 is 5.69 Å². The first-order valence-corrected chi connectivity index (χ1v) is 8.36. The van der Waals surface area contributed by atoms with Crippen LogP contribution in [0.15, 0.2) is 72.1 Å². The van der Waals surface area contributed by atoms with E-state index in [1.165, 1.54) is 36.8 Å². The smallest absolute Gasteiger partial charge is 0.313 e. The van der Waals surface area contributed by atoms with Crippen molar-refractivity contribution in [2.24, 2.45) is 5.10 Å². The lowest BCUT2D eigenvalue weighted by Gasteiger charge is -2.06. The number of halogens is 1. The van der Waals surface area contributed by atoms with E-state index in [-0.39, 0.29) is 22.4 Å². The van der Waals surface area contributed by atoms with Gasteiger partial charge in [-0.1, -0.05) is 11.6 Å². The molecule has 1 aromatic heterocycles. The zero-order chi connectivity index (χ0) is 19.9. The Labute approximate surface area is 164 Å². The monoisotopic (exact) mass is 396 g/mol. The highest BCUT2D eigenvalue weighted by Gasteiger charge is 2.16. The third-order valence-corrected chi connectivity index (χ3v) is 3.78. The summed E-state index contributed by atoms with van der Waals surface area (Å²) in [5.41, 5.74) is 3.33. The molecule has 0 radical (unpaired) electrons. The van der Waals surface area contributed by atoms with Gasteiger partial charge in [-0.25, -0.2) is 5.43 Å². The molecule has 0 unspecified atom stereocenters. The molecule has 0 fully saturated rings. The van der Waals surface area contributed by atoms with Gasteiger partial charge in [-0.3, -0.25) is 19.9 Å². The van der Waals surface area contributed by atoms with E-state index in [2.05, 4.69) is 15.5 Å². The number of hydrogen-bond donors (Lipinski definition) is 1. The first-order valence-electron chi connectivity index (χ1n) is 7.98. The van der Waals surface area contributed by atoms with Crippen LogP contribution in [0.5, 0.6) is 11.5 Å². The van der Waals surface area contributed by atoms with Crippen molar-refractivity contribution < 1.29 is 14.5 Å². The van der Waals surface area contributed by atoms with Crippen LogP contribution in [0.4, 0.5) is 5.69 Å². The Bertz CT molecular complexity index is 1020. The highest BCUT2D eigenvalue weighted by atomic mass is 35.5. The molecule has 1 amide bonds. The number of nitro groups is 1. The second-order valence-corrected chi connectivity index (χ2v) is 5.91. The highest BCUT2D eigenvalue weighted by molar-refractivity contribution is 6.30. The van der Waals surface area contributed by atoms with E-state index < -0.39 is 4.92 Å². The molecule has 28 heavy (non-hydrogen) atoms. The third kappa shape index (κ3) is 4.89. The molecule has 3 aromatic rings. The molecule has 3 rings (SSSR count). The van der Waals surface area contributed by atoms with Crippen molar-refractivity contribution in [1.29, 1.82) is 0 Å². The van der Waals surface area contributed by atoms with Crippen LogP contribution in [0.3, 0.4) is 0 Å². The summed E-state index contributed by atoms with van der Waals surface area (Å²) in [6.07, 6.45) is 4.50. The second-order valence-electron chi connectivity index (χ2n) is 5.48. The van der Waals surface area contributed by atoms with E-state index in [0.29, 0.717) is 16.9 Å². The minimum Gasteiger partial charge on any atom is -0.450 e. The van der Waals surface area contributed by atoms with Gasteiger partial charge in [-0.05, 0) is 54.1 Å². The molecule has 9 heteroatoms. The molecule has 1 heterocycles. The second kappa shape index (κ2) is 8.74. The van der Waals surface area contributed by atoms with Crippen molar-refractivity contribution in [1.82, 2.24) is 10.4 Å². The fourth-order valence-electron chi connectivity index (χ4n) is 2.20.